The minimum atomic E-state index is 0. The van der Waals surface area contributed by atoms with Gasteiger partial charge in [-0.1, -0.05) is 19.8 Å². The number of hydrogen-bond donors (Lipinski definition) is 1. The molecule has 1 aliphatic carbocycles. The number of nitrogens with zero attached hydrogens (tertiary/aromatic N) is 1. The highest BCUT2D eigenvalue weighted by atomic mass is 35.5. The summed E-state index contributed by atoms with van der Waals surface area (Å²) in [6.45, 7) is 7.14. The molecule has 100 valence electrons. The summed E-state index contributed by atoms with van der Waals surface area (Å²) in [4.78, 5) is 14.5. The molecule has 1 saturated carbocycles. The third-order valence-electron chi connectivity index (χ3n) is 4.30. The van der Waals surface area contributed by atoms with Gasteiger partial charge in [0.2, 0.25) is 5.91 Å². The molecule has 1 N–H and O–H groups in total. The summed E-state index contributed by atoms with van der Waals surface area (Å²) in [7, 11) is 0. The van der Waals surface area contributed by atoms with E-state index in [1.165, 1.54) is 25.7 Å². The zero-order chi connectivity index (χ0) is 11.5. The largest absolute Gasteiger partial charge is 0.340 e. The van der Waals surface area contributed by atoms with Crippen LogP contribution in [0.4, 0.5) is 0 Å². The molecule has 1 amide bonds. The van der Waals surface area contributed by atoms with Gasteiger partial charge in [-0.2, -0.15) is 0 Å². The Morgan fingerprint density at radius 1 is 1.35 bits per heavy atom. The molecule has 1 atom stereocenters. The van der Waals surface area contributed by atoms with Crippen LogP contribution in [0, 0.1) is 11.8 Å². The van der Waals surface area contributed by atoms with Crippen LogP contribution in [0.2, 0.25) is 0 Å². The van der Waals surface area contributed by atoms with Crippen LogP contribution in [0.1, 0.15) is 39.5 Å². The molecule has 2 rings (SSSR count). The highest BCUT2D eigenvalue weighted by Crippen LogP contribution is 2.26. The molecular formula is C13H25ClN2O. The Bertz CT molecular complexity index is 250. The number of carbonyl (C=O) groups excluding carboxylic acids is 1. The first kappa shape index (κ1) is 14.8. The summed E-state index contributed by atoms with van der Waals surface area (Å²) in [6, 6.07) is 0.535. The van der Waals surface area contributed by atoms with E-state index in [0.29, 0.717) is 17.9 Å². The lowest BCUT2D eigenvalue weighted by Gasteiger charge is -2.37. The lowest BCUT2D eigenvalue weighted by molar-refractivity contribution is -0.139. The average Bonchev–Trinajstić information content (AvgIpc) is 2.69. The zero-order valence-corrected chi connectivity index (χ0v) is 11.8. The molecule has 0 aromatic heterocycles. The van der Waals surface area contributed by atoms with E-state index in [1.807, 2.05) is 0 Å². The van der Waals surface area contributed by atoms with Crippen LogP contribution in [-0.2, 0) is 4.79 Å². The Morgan fingerprint density at radius 3 is 2.35 bits per heavy atom. The molecule has 4 heteroatoms. The Morgan fingerprint density at radius 2 is 1.94 bits per heavy atom. The summed E-state index contributed by atoms with van der Waals surface area (Å²) in [5.74, 6) is 1.17. The molecule has 1 unspecified atom stereocenters. The first-order valence-electron chi connectivity index (χ1n) is 6.75. The Labute approximate surface area is 111 Å². The molecule has 3 nitrogen and oxygen atoms in total. The van der Waals surface area contributed by atoms with E-state index < -0.39 is 0 Å². The van der Waals surface area contributed by atoms with Crippen LogP contribution >= 0.6 is 12.4 Å². The fourth-order valence-electron chi connectivity index (χ4n) is 2.94. The van der Waals surface area contributed by atoms with Gasteiger partial charge in [0.05, 0.1) is 0 Å². The molecule has 17 heavy (non-hydrogen) atoms. The van der Waals surface area contributed by atoms with Crippen molar-refractivity contribution in [3.8, 4) is 0 Å². The van der Waals surface area contributed by atoms with Crippen molar-refractivity contribution in [2.75, 3.05) is 19.6 Å². The summed E-state index contributed by atoms with van der Waals surface area (Å²) in [6.07, 6.45) is 5.03. The van der Waals surface area contributed by atoms with Gasteiger partial charge in [0.1, 0.15) is 0 Å². The van der Waals surface area contributed by atoms with E-state index in [4.69, 9.17) is 0 Å². The molecule has 2 fully saturated rings. The van der Waals surface area contributed by atoms with Gasteiger partial charge in [-0.25, -0.2) is 0 Å². The average molecular weight is 261 g/mol. The van der Waals surface area contributed by atoms with E-state index in [2.05, 4.69) is 24.1 Å². The second kappa shape index (κ2) is 6.60. The maximum absolute atomic E-state index is 12.4. The minimum absolute atomic E-state index is 0. The van der Waals surface area contributed by atoms with Crippen molar-refractivity contribution in [3.05, 3.63) is 0 Å². The fraction of sp³-hybridized carbons (Fsp3) is 0.923. The van der Waals surface area contributed by atoms with Crippen molar-refractivity contribution in [3.63, 3.8) is 0 Å². The molecule has 2 aliphatic rings. The number of nitrogens with one attached hydrogen (secondary N) is 1. The number of hydrogen-bond acceptors (Lipinski definition) is 2. The fourth-order valence-corrected chi connectivity index (χ4v) is 2.94. The van der Waals surface area contributed by atoms with Gasteiger partial charge in [0.15, 0.2) is 0 Å². The summed E-state index contributed by atoms with van der Waals surface area (Å²) >= 11 is 0. The number of amides is 1. The normalized spacial score (nSPS) is 22.7. The predicted molar refractivity (Wildman–Crippen MR) is 72.4 cm³/mol. The van der Waals surface area contributed by atoms with E-state index >= 15 is 0 Å². The Hall–Kier alpha value is -0.280. The molecule has 0 spiro atoms. The quantitative estimate of drug-likeness (QED) is 0.839. The zero-order valence-electron chi connectivity index (χ0n) is 10.9. The minimum Gasteiger partial charge on any atom is -0.340 e. The van der Waals surface area contributed by atoms with Crippen molar-refractivity contribution >= 4 is 18.3 Å². The molecule has 0 bridgehead atoms. The van der Waals surface area contributed by atoms with E-state index in [9.17, 15) is 4.79 Å². The molecule has 0 aromatic carbocycles. The second-order valence-corrected chi connectivity index (χ2v) is 5.27. The Balaban J connectivity index is 0.00000144. The molecular weight excluding hydrogens is 236 g/mol. The van der Waals surface area contributed by atoms with E-state index in [1.54, 1.807) is 0 Å². The van der Waals surface area contributed by atoms with Crippen LogP contribution < -0.4 is 5.32 Å². The van der Waals surface area contributed by atoms with Gasteiger partial charge in [-0.3, -0.25) is 4.79 Å². The van der Waals surface area contributed by atoms with Gasteiger partial charge in [0.25, 0.3) is 0 Å². The van der Waals surface area contributed by atoms with Crippen molar-refractivity contribution in [2.24, 2.45) is 11.8 Å². The topological polar surface area (TPSA) is 32.3 Å². The Kier molecular flexibility index (Phi) is 5.74. The van der Waals surface area contributed by atoms with Crippen molar-refractivity contribution in [1.29, 1.82) is 0 Å². The standard InChI is InChI=1S/C13H24N2O.ClH/c1-3-15(12-6-4-5-7-12)13(16)10(2)11-8-14-9-11;/h10-12,14H,3-9H2,1-2H3;1H. The molecule has 1 aliphatic heterocycles. The predicted octanol–water partition coefficient (Wildman–Crippen LogP) is 2.05. The summed E-state index contributed by atoms with van der Waals surface area (Å²) < 4.78 is 0. The molecule has 0 aromatic rings. The maximum atomic E-state index is 12.4. The first-order valence-corrected chi connectivity index (χ1v) is 6.75. The van der Waals surface area contributed by atoms with Crippen LogP contribution in [-0.4, -0.2) is 36.5 Å². The van der Waals surface area contributed by atoms with Crippen LogP contribution in [0.25, 0.3) is 0 Å². The SMILES string of the molecule is CCN(C(=O)C(C)C1CNC1)C1CCCC1.Cl. The summed E-state index contributed by atoms with van der Waals surface area (Å²) in [5, 5.41) is 3.25. The highest BCUT2D eigenvalue weighted by molar-refractivity contribution is 5.85. The van der Waals surface area contributed by atoms with Crippen LogP contribution in [0.15, 0.2) is 0 Å². The number of halogens is 1. The second-order valence-electron chi connectivity index (χ2n) is 5.27. The van der Waals surface area contributed by atoms with Gasteiger partial charge >= 0.3 is 0 Å². The highest BCUT2D eigenvalue weighted by Gasteiger charge is 2.34. The van der Waals surface area contributed by atoms with Crippen molar-refractivity contribution < 1.29 is 4.79 Å². The van der Waals surface area contributed by atoms with Crippen molar-refractivity contribution in [1.82, 2.24) is 10.2 Å². The maximum Gasteiger partial charge on any atom is 0.226 e. The van der Waals surface area contributed by atoms with Gasteiger partial charge in [-0.05, 0) is 38.8 Å². The number of carbonyl (C=O) groups is 1. The lowest BCUT2D eigenvalue weighted by Crippen LogP contribution is -2.51. The van der Waals surface area contributed by atoms with Gasteiger partial charge < -0.3 is 10.2 Å². The van der Waals surface area contributed by atoms with Crippen LogP contribution in [0.5, 0.6) is 0 Å². The van der Waals surface area contributed by atoms with Crippen molar-refractivity contribution in [2.45, 2.75) is 45.6 Å². The van der Waals surface area contributed by atoms with Gasteiger partial charge in [-0.15, -0.1) is 12.4 Å². The third-order valence-corrected chi connectivity index (χ3v) is 4.30. The molecule has 1 heterocycles. The molecule has 1 saturated heterocycles. The van der Waals surface area contributed by atoms with E-state index in [0.717, 1.165) is 19.6 Å². The number of rotatable bonds is 4. The van der Waals surface area contributed by atoms with E-state index in [-0.39, 0.29) is 18.3 Å². The first-order chi connectivity index (χ1) is 7.74. The smallest absolute Gasteiger partial charge is 0.226 e. The third kappa shape index (κ3) is 3.14. The van der Waals surface area contributed by atoms with Gasteiger partial charge in [0, 0.05) is 18.5 Å². The lowest BCUT2D eigenvalue weighted by atomic mass is 9.87. The summed E-state index contributed by atoms with van der Waals surface area (Å²) in [5.41, 5.74) is 0. The molecule has 0 radical (unpaired) electrons. The van der Waals surface area contributed by atoms with Crippen LogP contribution in [0.3, 0.4) is 0 Å². The monoisotopic (exact) mass is 260 g/mol.